The molecule has 1 N–H and O–H groups in total. The molecule has 1 saturated heterocycles. The second-order valence-corrected chi connectivity index (χ2v) is 10.2. The maximum absolute atomic E-state index is 15.2. The average molecular weight is 528 g/mol. The Balaban J connectivity index is 1.52. The third-order valence-corrected chi connectivity index (χ3v) is 7.39. The van der Waals surface area contributed by atoms with E-state index in [1.54, 1.807) is 0 Å². The summed E-state index contributed by atoms with van der Waals surface area (Å²) in [5.74, 6) is -8.24. The molecule has 4 nitrogen and oxygen atoms in total. The van der Waals surface area contributed by atoms with Gasteiger partial charge in [-0.2, -0.15) is 0 Å². The summed E-state index contributed by atoms with van der Waals surface area (Å²) in [6, 6.07) is 2.39. The number of nitrogens with zero attached hydrogens (tertiary/aromatic N) is 2. The van der Waals surface area contributed by atoms with Crippen LogP contribution in [0.25, 0.3) is 11.1 Å². The van der Waals surface area contributed by atoms with Gasteiger partial charge in [0, 0.05) is 50.7 Å². The topological polar surface area (TPSA) is 35.6 Å². The zero-order valence-corrected chi connectivity index (χ0v) is 20.8. The van der Waals surface area contributed by atoms with Gasteiger partial charge < -0.3 is 5.32 Å². The summed E-state index contributed by atoms with van der Waals surface area (Å²) in [5, 5.41) is 2.43. The van der Waals surface area contributed by atoms with Gasteiger partial charge in [0.15, 0.2) is 0 Å². The van der Waals surface area contributed by atoms with Crippen LogP contribution in [0.5, 0.6) is 0 Å². The molecule has 2 aromatic carbocycles. The molecule has 0 spiro atoms. The number of carbonyl (C=O) groups is 1. The molecule has 2 fully saturated rings. The summed E-state index contributed by atoms with van der Waals surface area (Å²) in [4.78, 5) is 17.1. The summed E-state index contributed by atoms with van der Waals surface area (Å²) < 4.78 is 87.0. The first kappa shape index (κ1) is 27.4. The number of carbonyl (C=O) groups excluding carboxylic acids is 1. The lowest BCUT2D eigenvalue weighted by Crippen LogP contribution is -2.64. The first-order valence-corrected chi connectivity index (χ1v) is 12.5. The third-order valence-electron chi connectivity index (χ3n) is 7.39. The zero-order chi connectivity index (χ0) is 26.9. The number of amides is 1. The molecule has 2 aromatic rings. The average Bonchev–Trinajstić information content (AvgIpc) is 2.81. The molecule has 37 heavy (non-hydrogen) atoms. The van der Waals surface area contributed by atoms with E-state index in [4.69, 9.17) is 0 Å². The van der Waals surface area contributed by atoms with Crippen molar-refractivity contribution >= 4 is 5.91 Å². The quantitative estimate of drug-likeness (QED) is 0.528. The van der Waals surface area contributed by atoms with Gasteiger partial charge in [0.25, 0.3) is 5.92 Å². The molecule has 0 radical (unpaired) electrons. The predicted octanol–water partition coefficient (Wildman–Crippen LogP) is 5.15. The minimum atomic E-state index is -3.14. The Bertz CT molecular complexity index is 1110. The van der Waals surface area contributed by atoms with E-state index < -0.39 is 59.2 Å². The van der Waals surface area contributed by atoms with Gasteiger partial charge in [0.1, 0.15) is 29.3 Å². The standard InChI is InChI=1S/C27H31F6N3O/c1-16(2)35-8-10-36(11-9-35)22-4-3-7-27(32,33)26(22)34-23(37)14-17-5-6-21(30)24(25(17)31)18-12-19(28)15-20(29)13-18/h5-6,12-13,15-16,22,26H,3-4,7-11,14H2,1-2H3,(H,34,37)/t22-,26+/m0/s1. The number of hydrogen-bond donors (Lipinski definition) is 1. The Labute approximate surface area is 212 Å². The van der Waals surface area contributed by atoms with Crippen LogP contribution in [-0.2, 0) is 11.2 Å². The van der Waals surface area contributed by atoms with Gasteiger partial charge in [-0.1, -0.05) is 6.07 Å². The van der Waals surface area contributed by atoms with E-state index in [0.717, 1.165) is 37.4 Å². The van der Waals surface area contributed by atoms with Crippen LogP contribution in [0.4, 0.5) is 26.3 Å². The molecule has 1 aliphatic heterocycles. The fourth-order valence-electron chi connectivity index (χ4n) is 5.42. The van der Waals surface area contributed by atoms with Crippen molar-refractivity contribution in [2.45, 2.75) is 63.6 Å². The van der Waals surface area contributed by atoms with Crippen LogP contribution >= 0.6 is 0 Å². The first-order chi connectivity index (χ1) is 17.5. The molecule has 1 aliphatic carbocycles. The predicted molar refractivity (Wildman–Crippen MR) is 128 cm³/mol. The highest BCUT2D eigenvalue weighted by atomic mass is 19.3. The first-order valence-electron chi connectivity index (χ1n) is 12.5. The monoisotopic (exact) mass is 527 g/mol. The van der Waals surface area contributed by atoms with Gasteiger partial charge in [0.05, 0.1) is 12.0 Å². The number of benzene rings is 2. The Hall–Kier alpha value is -2.59. The van der Waals surface area contributed by atoms with Gasteiger partial charge in [-0.05, 0) is 56.0 Å². The number of hydrogen-bond acceptors (Lipinski definition) is 3. The zero-order valence-electron chi connectivity index (χ0n) is 20.8. The smallest absolute Gasteiger partial charge is 0.269 e. The molecule has 1 saturated carbocycles. The van der Waals surface area contributed by atoms with Crippen LogP contribution in [-0.4, -0.2) is 65.9 Å². The summed E-state index contributed by atoms with van der Waals surface area (Å²) >= 11 is 0. The van der Waals surface area contributed by atoms with Crippen molar-refractivity contribution in [1.82, 2.24) is 15.1 Å². The van der Waals surface area contributed by atoms with Crippen molar-refractivity contribution < 1.29 is 31.1 Å². The van der Waals surface area contributed by atoms with E-state index in [2.05, 4.69) is 24.1 Å². The van der Waals surface area contributed by atoms with Gasteiger partial charge in [-0.3, -0.25) is 14.6 Å². The normalized spacial score (nSPS) is 22.8. The lowest BCUT2D eigenvalue weighted by atomic mass is 9.85. The lowest BCUT2D eigenvalue weighted by molar-refractivity contribution is -0.133. The molecule has 2 aliphatic rings. The van der Waals surface area contributed by atoms with Gasteiger partial charge >= 0.3 is 0 Å². The molecule has 0 bridgehead atoms. The summed E-state index contributed by atoms with van der Waals surface area (Å²) in [5.41, 5.74) is -1.32. The molecule has 4 rings (SSSR count). The number of rotatable bonds is 6. The van der Waals surface area contributed by atoms with Crippen molar-refractivity contribution in [3.63, 3.8) is 0 Å². The SMILES string of the molecule is CC(C)N1CCN([C@H]2CCCC(F)(F)[C@@H]2NC(=O)Cc2ccc(F)c(-c3cc(F)cc(F)c3)c2F)CC1. The Morgan fingerprint density at radius 1 is 1.03 bits per heavy atom. The molecular weight excluding hydrogens is 496 g/mol. The van der Waals surface area contributed by atoms with Crippen molar-refractivity contribution in [2.75, 3.05) is 26.2 Å². The van der Waals surface area contributed by atoms with Crippen molar-refractivity contribution in [2.24, 2.45) is 0 Å². The van der Waals surface area contributed by atoms with Crippen LogP contribution in [0.15, 0.2) is 30.3 Å². The summed E-state index contributed by atoms with van der Waals surface area (Å²) in [6.45, 7) is 6.85. The fraction of sp³-hybridized carbons (Fsp3) is 0.519. The van der Waals surface area contributed by atoms with E-state index in [9.17, 15) is 18.0 Å². The van der Waals surface area contributed by atoms with E-state index in [-0.39, 0.29) is 17.5 Å². The molecule has 0 aromatic heterocycles. The highest BCUT2D eigenvalue weighted by Crippen LogP contribution is 2.37. The highest BCUT2D eigenvalue weighted by Gasteiger charge is 2.49. The second kappa shape index (κ2) is 11.0. The maximum atomic E-state index is 15.2. The molecular formula is C27H31F6N3O. The van der Waals surface area contributed by atoms with Crippen LogP contribution in [0, 0.1) is 23.3 Å². The van der Waals surface area contributed by atoms with Crippen LogP contribution in [0.1, 0.15) is 38.7 Å². The second-order valence-electron chi connectivity index (χ2n) is 10.2. The summed E-state index contributed by atoms with van der Waals surface area (Å²) in [7, 11) is 0. The number of halogens is 6. The Morgan fingerprint density at radius 3 is 2.30 bits per heavy atom. The number of alkyl halides is 2. The van der Waals surface area contributed by atoms with Gasteiger partial charge in [0.2, 0.25) is 5.91 Å². The van der Waals surface area contributed by atoms with Crippen molar-refractivity contribution in [3.8, 4) is 11.1 Å². The number of nitrogens with one attached hydrogen (secondary N) is 1. The van der Waals surface area contributed by atoms with Crippen LogP contribution < -0.4 is 5.32 Å². The Kier molecular flexibility index (Phi) is 8.18. The van der Waals surface area contributed by atoms with Crippen LogP contribution in [0.2, 0.25) is 0 Å². The molecule has 0 unspecified atom stereocenters. The van der Waals surface area contributed by atoms with E-state index in [1.807, 2.05) is 4.90 Å². The van der Waals surface area contributed by atoms with E-state index in [0.29, 0.717) is 38.0 Å². The van der Waals surface area contributed by atoms with Gasteiger partial charge in [-0.15, -0.1) is 0 Å². The minimum absolute atomic E-state index is 0.264. The largest absolute Gasteiger partial charge is 0.345 e. The number of piperazine rings is 1. The summed E-state index contributed by atoms with van der Waals surface area (Å²) in [6.07, 6.45) is -0.158. The van der Waals surface area contributed by atoms with E-state index >= 15 is 13.2 Å². The highest BCUT2D eigenvalue weighted by molar-refractivity contribution is 5.80. The van der Waals surface area contributed by atoms with Crippen molar-refractivity contribution in [3.05, 3.63) is 59.2 Å². The molecule has 10 heteroatoms. The van der Waals surface area contributed by atoms with E-state index in [1.165, 1.54) is 0 Å². The van der Waals surface area contributed by atoms with Crippen molar-refractivity contribution in [1.29, 1.82) is 0 Å². The Morgan fingerprint density at radius 2 is 1.68 bits per heavy atom. The fourth-order valence-corrected chi connectivity index (χ4v) is 5.42. The molecule has 1 heterocycles. The minimum Gasteiger partial charge on any atom is -0.345 e. The van der Waals surface area contributed by atoms with Gasteiger partial charge in [-0.25, -0.2) is 26.3 Å². The lowest BCUT2D eigenvalue weighted by Gasteiger charge is -2.47. The molecule has 1 amide bonds. The van der Waals surface area contributed by atoms with Crippen LogP contribution in [0.3, 0.4) is 0 Å². The molecule has 2 atom stereocenters. The third kappa shape index (κ3) is 6.12. The maximum Gasteiger partial charge on any atom is 0.269 e. The molecule has 202 valence electrons.